The zero-order valence-corrected chi connectivity index (χ0v) is 9.72. The molecule has 0 fully saturated rings. The minimum Gasteiger partial charge on any atom is -0.444 e. The first-order valence-electron chi connectivity index (χ1n) is 5.17. The third kappa shape index (κ3) is 7.90. The minimum absolute atomic E-state index is 0.0511. The van der Waals surface area contributed by atoms with Gasteiger partial charge in [0, 0.05) is 6.04 Å². The van der Waals surface area contributed by atoms with Crippen LogP contribution in [0.2, 0.25) is 0 Å². The van der Waals surface area contributed by atoms with Crippen LogP contribution in [0.1, 0.15) is 47.0 Å². The highest BCUT2D eigenvalue weighted by Gasteiger charge is 2.17. The Hall–Kier alpha value is -0.730. The smallest absolute Gasteiger partial charge is 0.407 e. The molecule has 1 radical (unpaired) electrons. The average Bonchev–Trinajstić information content (AvgIpc) is 1.96. The summed E-state index contributed by atoms with van der Waals surface area (Å²) in [6.07, 6.45) is 2.70. The molecule has 14 heavy (non-hydrogen) atoms. The largest absolute Gasteiger partial charge is 0.444 e. The number of alkyl carbamates (subject to hydrolysis) is 1. The Morgan fingerprint density at radius 1 is 1.50 bits per heavy atom. The van der Waals surface area contributed by atoms with Crippen LogP contribution in [0.25, 0.3) is 0 Å². The van der Waals surface area contributed by atoms with E-state index in [2.05, 4.69) is 19.2 Å². The quantitative estimate of drug-likeness (QED) is 0.757. The number of nitrogens with one attached hydrogen (secondary N) is 1. The molecule has 0 unspecified atom stereocenters. The van der Waals surface area contributed by atoms with E-state index in [4.69, 9.17) is 4.74 Å². The molecule has 0 spiro atoms. The van der Waals surface area contributed by atoms with E-state index < -0.39 is 5.60 Å². The number of unbranched alkanes of at least 4 members (excludes halogenated alkanes) is 1. The number of hydrogen-bond donors (Lipinski definition) is 1. The van der Waals surface area contributed by atoms with Crippen molar-refractivity contribution in [3.63, 3.8) is 0 Å². The van der Waals surface area contributed by atoms with E-state index >= 15 is 0 Å². The van der Waals surface area contributed by atoms with Crippen molar-refractivity contribution in [1.82, 2.24) is 5.32 Å². The fourth-order valence-corrected chi connectivity index (χ4v) is 0.997. The number of rotatable bonds is 4. The first-order valence-corrected chi connectivity index (χ1v) is 5.17. The second kappa shape index (κ2) is 5.89. The molecule has 3 heteroatoms. The second-order valence-electron chi connectivity index (χ2n) is 4.49. The van der Waals surface area contributed by atoms with Gasteiger partial charge in [0.25, 0.3) is 0 Å². The summed E-state index contributed by atoms with van der Waals surface area (Å²) in [6.45, 7) is 11.5. The molecule has 0 rings (SSSR count). The topological polar surface area (TPSA) is 38.3 Å². The van der Waals surface area contributed by atoms with Gasteiger partial charge in [-0.25, -0.2) is 4.79 Å². The van der Waals surface area contributed by atoms with Gasteiger partial charge in [0.2, 0.25) is 0 Å². The van der Waals surface area contributed by atoms with Crippen LogP contribution in [0.3, 0.4) is 0 Å². The van der Waals surface area contributed by atoms with Crippen molar-refractivity contribution in [3.8, 4) is 0 Å². The van der Waals surface area contributed by atoms with Gasteiger partial charge in [0.1, 0.15) is 5.60 Å². The lowest BCUT2D eigenvalue weighted by Crippen LogP contribution is -2.37. The second-order valence-corrected chi connectivity index (χ2v) is 4.49. The Labute approximate surface area is 87.2 Å². The van der Waals surface area contributed by atoms with Crippen molar-refractivity contribution in [1.29, 1.82) is 0 Å². The molecule has 1 amide bonds. The molecule has 1 atom stereocenters. The predicted molar refractivity (Wildman–Crippen MR) is 58.0 cm³/mol. The molecule has 83 valence electrons. The maximum absolute atomic E-state index is 11.3. The number of carbonyl (C=O) groups is 1. The van der Waals surface area contributed by atoms with Crippen molar-refractivity contribution < 1.29 is 9.53 Å². The summed E-state index contributed by atoms with van der Waals surface area (Å²) < 4.78 is 5.10. The summed E-state index contributed by atoms with van der Waals surface area (Å²) in [7, 11) is 0. The van der Waals surface area contributed by atoms with Gasteiger partial charge < -0.3 is 10.1 Å². The summed E-state index contributed by atoms with van der Waals surface area (Å²) in [5.41, 5.74) is -0.436. The van der Waals surface area contributed by atoms with Crippen LogP contribution in [-0.2, 0) is 4.74 Å². The maximum Gasteiger partial charge on any atom is 0.407 e. The highest BCUT2D eigenvalue weighted by Crippen LogP contribution is 2.07. The molecule has 0 aromatic heterocycles. The molecular weight excluding hydrogens is 178 g/mol. The summed E-state index contributed by atoms with van der Waals surface area (Å²) in [5.74, 6) is 0. The molecular formula is C11H22NO2. The predicted octanol–water partition coefficient (Wildman–Crippen LogP) is 2.90. The minimum atomic E-state index is -0.436. The Bertz CT molecular complexity index is 173. The summed E-state index contributed by atoms with van der Waals surface area (Å²) in [6, 6.07) is -0.0511. The SMILES string of the molecule is [CH2][C@@H](CCCC)NC(=O)OC(C)(C)C. The van der Waals surface area contributed by atoms with Crippen LogP contribution in [0.5, 0.6) is 0 Å². The zero-order valence-electron chi connectivity index (χ0n) is 9.72. The molecule has 0 saturated heterocycles. The van der Waals surface area contributed by atoms with E-state index in [-0.39, 0.29) is 12.1 Å². The zero-order chi connectivity index (χ0) is 11.2. The fraction of sp³-hybridized carbons (Fsp3) is 0.818. The standard InChI is InChI=1S/C11H22NO2/c1-6-7-8-9(2)12-10(13)14-11(3,4)5/h9H,2,6-8H2,1,3-5H3,(H,12,13)/t9-/m0/s1. The maximum atomic E-state index is 11.3. The van der Waals surface area contributed by atoms with Gasteiger partial charge in [-0.15, -0.1) is 0 Å². The molecule has 0 bridgehead atoms. The molecule has 0 aliphatic heterocycles. The van der Waals surface area contributed by atoms with Gasteiger partial charge >= 0.3 is 6.09 Å². The molecule has 0 aromatic rings. The Kier molecular flexibility index (Phi) is 5.58. The Morgan fingerprint density at radius 3 is 2.50 bits per heavy atom. The van der Waals surface area contributed by atoms with Gasteiger partial charge in [-0.2, -0.15) is 0 Å². The molecule has 0 aliphatic carbocycles. The van der Waals surface area contributed by atoms with Gasteiger partial charge in [-0.05, 0) is 34.1 Å². The fourth-order valence-electron chi connectivity index (χ4n) is 0.997. The lowest BCUT2D eigenvalue weighted by atomic mass is 10.1. The van der Waals surface area contributed by atoms with Crippen LogP contribution >= 0.6 is 0 Å². The van der Waals surface area contributed by atoms with Crippen LogP contribution in [0, 0.1) is 6.92 Å². The summed E-state index contributed by atoms with van der Waals surface area (Å²) in [5, 5.41) is 2.70. The van der Waals surface area contributed by atoms with E-state index in [9.17, 15) is 4.79 Å². The first-order chi connectivity index (χ1) is 6.35. The van der Waals surface area contributed by atoms with Gasteiger partial charge in [-0.1, -0.05) is 19.8 Å². The third-order valence-electron chi connectivity index (χ3n) is 1.63. The molecule has 0 aliphatic rings. The number of ether oxygens (including phenoxy) is 1. The van der Waals surface area contributed by atoms with Crippen LogP contribution in [-0.4, -0.2) is 17.7 Å². The number of carbonyl (C=O) groups excluding carboxylic acids is 1. The summed E-state index contributed by atoms with van der Waals surface area (Å²) >= 11 is 0. The highest BCUT2D eigenvalue weighted by atomic mass is 16.6. The molecule has 0 aromatic carbocycles. The van der Waals surface area contributed by atoms with E-state index in [1.54, 1.807) is 0 Å². The Morgan fingerprint density at radius 2 is 2.07 bits per heavy atom. The summed E-state index contributed by atoms with van der Waals surface area (Å²) in [4.78, 5) is 11.3. The van der Waals surface area contributed by atoms with Crippen molar-refractivity contribution >= 4 is 6.09 Å². The van der Waals surface area contributed by atoms with Crippen LogP contribution in [0.4, 0.5) is 4.79 Å². The molecule has 3 nitrogen and oxygen atoms in total. The van der Waals surface area contributed by atoms with Gasteiger partial charge in [-0.3, -0.25) is 0 Å². The van der Waals surface area contributed by atoms with Gasteiger partial charge in [0.15, 0.2) is 0 Å². The molecule has 0 saturated carbocycles. The molecule has 1 N–H and O–H groups in total. The average molecular weight is 200 g/mol. The van der Waals surface area contributed by atoms with Crippen LogP contribution < -0.4 is 5.32 Å². The molecule has 0 heterocycles. The third-order valence-corrected chi connectivity index (χ3v) is 1.63. The van der Waals surface area contributed by atoms with E-state index in [1.165, 1.54) is 0 Å². The van der Waals surface area contributed by atoms with Crippen molar-refractivity contribution in [2.24, 2.45) is 0 Å². The van der Waals surface area contributed by atoms with Gasteiger partial charge in [0.05, 0.1) is 0 Å². The van der Waals surface area contributed by atoms with E-state index in [1.807, 2.05) is 20.8 Å². The van der Waals surface area contributed by atoms with Crippen molar-refractivity contribution in [2.45, 2.75) is 58.6 Å². The van der Waals surface area contributed by atoms with Crippen LogP contribution in [0.15, 0.2) is 0 Å². The first kappa shape index (κ1) is 13.3. The lowest BCUT2D eigenvalue weighted by Gasteiger charge is -2.21. The van der Waals surface area contributed by atoms with E-state index in [0.717, 1.165) is 19.3 Å². The number of hydrogen-bond acceptors (Lipinski definition) is 2. The lowest BCUT2D eigenvalue weighted by molar-refractivity contribution is 0.0511. The normalized spacial score (nSPS) is 13.5. The monoisotopic (exact) mass is 200 g/mol. The number of amides is 1. The van der Waals surface area contributed by atoms with Crippen molar-refractivity contribution in [2.75, 3.05) is 0 Å². The highest BCUT2D eigenvalue weighted by molar-refractivity contribution is 5.68. The Balaban J connectivity index is 3.71. The van der Waals surface area contributed by atoms with E-state index in [0.29, 0.717) is 0 Å². The van der Waals surface area contributed by atoms with Crippen molar-refractivity contribution in [3.05, 3.63) is 6.92 Å².